The molecule has 5 rings (SSSR count). The maximum atomic E-state index is 15.7. The molecule has 0 spiro atoms. The number of nitrogens with zero attached hydrogens (tertiary/aromatic N) is 4. The number of aromatic nitrogens is 2. The Bertz CT molecular complexity index is 1690. The molecule has 44 heavy (non-hydrogen) atoms. The van der Waals surface area contributed by atoms with Crippen molar-refractivity contribution in [3.63, 3.8) is 0 Å². The molecule has 12 nitrogen and oxygen atoms in total. The summed E-state index contributed by atoms with van der Waals surface area (Å²) in [7, 11) is -4.31. The zero-order valence-electron chi connectivity index (χ0n) is 24.9. The molecule has 2 aliphatic rings. The number of benzene rings is 2. The maximum Gasteiger partial charge on any atom is 0.408 e. The van der Waals surface area contributed by atoms with E-state index in [1.807, 2.05) is 18.7 Å². The Morgan fingerprint density at radius 2 is 1.91 bits per heavy atom. The number of carbonyl (C=O) groups excluding carboxylic acids is 2. The monoisotopic (exact) mass is 649 g/mol. The number of carbonyl (C=O) groups is 2. The van der Waals surface area contributed by atoms with Crippen LogP contribution in [0.1, 0.15) is 40.2 Å². The summed E-state index contributed by atoms with van der Waals surface area (Å²) in [6, 6.07) is 7.24. The van der Waals surface area contributed by atoms with E-state index in [0.29, 0.717) is 30.3 Å². The number of rotatable bonds is 5. The van der Waals surface area contributed by atoms with Crippen molar-refractivity contribution in [2.75, 3.05) is 35.3 Å². The van der Waals surface area contributed by atoms with Gasteiger partial charge in [-0.25, -0.2) is 17.6 Å². The van der Waals surface area contributed by atoms with E-state index in [2.05, 4.69) is 15.5 Å². The van der Waals surface area contributed by atoms with Crippen molar-refractivity contribution < 1.29 is 36.3 Å². The van der Waals surface area contributed by atoms with Crippen LogP contribution >= 0.6 is 11.6 Å². The van der Waals surface area contributed by atoms with E-state index in [1.165, 1.54) is 11.0 Å². The molecule has 0 radical (unpaired) electrons. The number of sulfone groups is 1. The summed E-state index contributed by atoms with van der Waals surface area (Å²) in [5.74, 6) is -2.70. The molecule has 3 aromatic rings. The Morgan fingerprint density at radius 1 is 1.20 bits per heavy atom. The first-order valence-electron chi connectivity index (χ1n) is 13.8. The quantitative estimate of drug-likeness (QED) is 0.423. The number of halogens is 2. The van der Waals surface area contributed by atoms with Crippen molar-refractivity contribution in [3.05, 3.63) is 52.8 Å². The van der Waals surface area contributed by atoms with E-state index in [0.717, 1.165) is 6.07 Å². The van der Waals surface area contributed by atoms with Crippen LogP contribution in [0.4, 0.5) is 20.9 Å². The van der Waals surface area contributed by atoms with Crippen LogP contribution in [0.15, 0.2) is 45.7 Å². The van der Waals surface area contributed by atoms with Crippen LogP contribution < -0.4 is 15.1 Å². The molecule has 3 heterocycles. The number of hydrogen-bond acceptors (Lipinski definition) is 10. The van der Waals surface area contributed by atoms with Crippen molar-refractivity contribution in [3.8, 4) is 11.5 Å². The molecule has 0 saturated carbocycles. The Morgan fingerprint density at radius 3 is 2.57 bits per heavy atom. The largest absolute Gasteiger partial charge is 0.444 e. The molecule has 0 unspecified atom stereocenters. The molecule has 2 amide bonds. The van der Waals surface area contributed by atoms with E-state index in [9.17, 15) is 18.0 Å². The predicted molar refractivity (Wildman–Crippen MR) is 160 cm³/mol. The number of amides is 2. The third-order valence-electron chi connectivity index (χ3n) is 7.09. The smallest absolute Gasteiger partial charge is 0.408 e. The topological polar surface area (TPSA) is 144 Å². The molecule has 2 aliphatic heterocycles. The Labute approximate surface area is 259 Å². The molecule has 236 valence electrons. The van der Waals surface area contributed by atoms with Crippen LogP contribution in [-0.2, 0) is 30.7 Å². The van der Waals surface area contributed by atoms with Gasteiger partial charge in [0.05, 0.1) is 47.2 Å². The van der Waals surface area contributed by atoms with Gasteiger partial charge in [0.25, 0.3) is 11.8 Å². The summed E-state index contributed by atoms with van der Waals surface area (Å²) in [6.45, 7) is 9.97. The Hall–Kier alpha value is -3.75. The van der Waals surface area contributed by atoms with E-state index >= 15 is 4.39 Å². The molecule has 0 bridgehead atoms. The zero-order chi connectivity index (χ0) is 32.0. The lowest BCUT2D eigenvalue weighted by Gasteiger charge is -2.40. The number of alkyl carbamates (subject to hydrolysis) is 1. The van der Waals surface area contributed by atoms with Gasteiger partial charge in [0, 0.05) is 11.6 Å². The second kappa shape index (κ2) is 11.6. The molecule has 1 aromatic heterocycles. The lowest BCUT2D eigenvalue weighted by molar-refractivity contribution is -0.120. The van der Waals surface area contributed by atoms with Gasteiger partial charge < -0.3 is 29.0 Å². The second-order valence-corrected chi connectivity index (χ2v) is 14.7. The fourth-order valence-electron chi connectivity index (χ4n) is 4.99. The van der Waals surface area contributed by atoms with Crippen LogP contribution in [0.2, 0.25) is 5.02 Å². The van der Waals surface area contributed by atoms with Crippen molar-refractivity contribution >= 4 is 45.1 Å². The van der Waals surface area contributed by atoms with E-state index in [4.69, 9.17) is 25.5 Å². The first-order chi connectivity index (χ1) is 20.5. The third kappa shape index (κ3) is 6.66. The summed E-state index contributed by atoms with van der Waals surface area (Å²) in [4.78, 5) is 29.2. The van der Waals surface area contributed by atoms with Crippen LogP contribution in [0.5, 0.6) is 0 Å². The molecule has 2 aromatic carbocycles. The number of hydrogen-bond donors (Lipinski definition) is 1. The highest BCUT2D eigenvalue weighted by Crippen LogP contribution is 2.38. The molecule has 1 fully saturated rings. The minimum atomic E-state index is -4.31. The average Bonchev–Trinajstić information content (AvgIpc) is 3.38. The normalized spacial score (nSPS) is 19.7. The number of nitrogens with one attached hydrogen (secondary N) is 1. The molecule has 15 heteroatoms. The van der Waals surface area contributed by atoms with Gasteiger partial charge in [-0.3, -0.25) is 4.79 Å². The van der Waals surface area contributed by atoms with Gasteiger partial charge in [0.1, 0.15) is 17.5 Å². The minimum absolute atomic E-state index is 0.110. The van der Waals surface area contributed by atoms with Gasteiger partial charge in [0.15, 0.2) is 9.84 Å². The third-order valence-corrected chi connectivity index (χ3v) is 9.11. The lowest BCUT2D eigenvalue weighted by Crippen LogP contribution is -2.53. The summed E-state index contributed by atoms with van der Waals surface area (Å²) in [6.07, 6.45) is -0.972. The second-order valence-electron chi connectivity index (χ2n) is 12.2. The number of anilines is 2. The van der Waals surface area contributed by atoms with Crippen molar-refractivity contribution in [2.45, 2.75) is 63.2 Å². The summed E-state index contributed by atoms with van der Waals surface area (Å²) < 4.78 is 59.6. The highest BCUT2D eigenvalue weighted by atomic mass is 35.5. The van der Waals surface area contributed by atoms with Gasteiger partial charge >= 0.3 is 12.1 Å². The lowest BCUT2D eigenvalue weighted by atomic mass is 10.0. The summed E-state index contributed by atoms with van der Waals surface area (Å²) in [5.41, 5.74) is -1.08. The van der Waals surface area contributed by atoms with Crippen LogP contribution in [0, 0.1) is 5.82 Å². The van der Waals surface area contributed by atoms with Crippen molar-refractivity contribution in [1.29, 1.82) is 0 Å². The Kier molecular flexibility index (Phi) is 8.37. The molecular weight excluding hydrogens is 617 g/mol. The molecular formula is C29H33ClFN5O7S. The SMILES string of the molecule is CC(C)(C)OC(=O)N[C@H]1CS(=O)(=O)c2cc(F)c(-c3nnc(N4CCOCC4(C)C)o3)cc2N(Cc2ccc(Cl)cc2)C1=O. The zero-order valence-corrected chi connectivity index (χ0v) is 26.5. The van der Waals surface area contributed by atoms with E-state index in [1.54, 1.807) is 45.0 Å². The summed E-state index contributed by atoms with van der Waals surface area (Å²) >= 11 is 6.05. The predicted octanol–water partition coefficient (Wildman–Crippen LogP) is 4.36. The molecule has 0 aliphatic carbocycles. The van der Waals surface area contributed by atoms with Crippen LogP contribution in [0.25, 0.3) is 11.5 Å². The van der Waals surface area contributed by atoms with Gasteiger partial charge in [-0.2, -0.15) is 0 Å². The number of ether oxygens (including phenoxy) is 2. The van der Waals surface area contributed by atoms with E-state index < -0.39 is 55.5 Å². The van der Waals surface area contributed by atoms with Gasteiger partial charge in [-0.1, -0.05) is 28.8 Å². The maximum absolute atomic E-state index is 15.7. The van der Waals surface area contributed by atoms with Crippen LogP contribution in [-0.4, -0.2) is 73.3 Å². The fourth-order valence-corrected chi connectivity index (χ4v) is 6.73. The van der Waals surface area contributed by atoms with Crippen molar-refractivity contribution in [1.82, 2.24) is 15.5 Å². The molecule has 1 saturated heterocycles. The number of fused-ring (bicyclic) bond motifs is 1. The first-order valence-corrected chi connectivity index (χ1v) is 15.9. The van der Waals surface area contributed by atoms with E-state index in [-0.39, 0.29) is 29.7 Å². The Balaban J connectivity index is 1.59. The molecule has 1 atom stereocenters. The van der Waals surface area contributed by atoms with Crippen molar-refractivity contribution in [2.24, 2.45) is 0 Å². The minimum Gasteiger partial charge on any atom is -0.444 e. The highest BCUT2D eigenvalue weighted by Gasteiger charge is 2.41. The number of morpholine rings is 1. The van der Waals surface area contributed by atoms with Gasteiger partial charge in [-0.15, -0.1) is 5.10 Å². The standard InChI is InChI=1S/C29H33ClFN5O7S/c1-28(2,3)43-27(38)32-21-15-44(39,40)23-13-20(31)19(24-33-34-26(42-24)36-10-11-41-16-29(36,4)5)12-22(23)35(25(21)37)14-17-6-8-18(30)9-7-17/h6-9,12-13,21H,10-11,14-16H2,1-5H3,(H,32,38)/t21-/m0/s1. The summed E-state index contributed by atoms with van der Waals surface area (Å²) in [5, 5.41) is 11.0. The van der Waals surface area contributed by atoms with Gasteiger partial charge in [-0.05, 0) is 64.4 Å². The first kappa shape index (κ1) is 31.7. The van der Waals surface area contributed by atoms with Crippen LogP contribution in [0.3, 0.4) is 0 Å². The average molecular weight is 650 g/mol. The highest BCUT2D eigenvalue weighted by molar-refractivity contribution is 7.91. The fraction of sp³-hybridized carbons (Fsp3) is 0.448. The molecule has 1 N–H and O–H groups in total. The van der Waals surface area contributed by atoms with Gasteiger partial charge in [0.2, 0.25) is 0 Å².